The second-order valence-electron chi connectivity index (χ2n) is 2.82. The Balaban J connectivity index is 2.81. The SMILES string of the molecule is [C-]#[N+]CC(=O)Nc1cc(Cl)ccc1C. The number of nitrogens with zero attached hydrogens (tertiary/aromatic N) is 1. The molecular weight excluding hydrogens is 200 g/mol. The van der Waals surface area contributed by atoms with Crippen LogP contribution < -0.4 is 5.32 Å². The fourth-order valence-corrected chi connectivity index (χ4v) is 1.16. The second kappa shape index (κ2) is 4.64. The molecule has 0 bridgehead atoms. The monoisotopic (exact) mass is 208 g/mol. The molecule has 1 aromatic rings. The van der Waals surface area contributed by atoms with E-state index >= 15 is 0 Å². The van der Waals surface area contributed by atoms with Gasteiger partial charge in [-0.15, -0.1) is 0 Å². The van der Waals surface area contributed by atoms with Gasteiger partial charge in [0.25, 0.3) is 6.54 Å². The Morgan fingerprint density at radius 1 is 1.64 bits per heavy atom. The van der Waals surface area contributed by atoms with E-state index in [2.05, 4.69) is 10.2 Å². The van der Waals surface area contributed by atoms with Crippen LogP contribution in [0.3, 0.4) is 0 Å². The normalized spacial score (nSPS) is 9.21. The van der Waals surface area contributed by atoms with Crippen molar-refractivity contribution in [3.8, 4) is 0 Å². The number of amides is 1. The van der Waals surface area contributed by atoms with Crippen LogP contribution in [0.25, 0.3) is 4.85 Å². The van der Waals surface area contributed by atoms with Gasteiger partial charge in [-0.2, -0.15) is 0 Å². The third-order valence-corrected chi connectivity index (χ3v) is 1.93. The van der Waals surface area contributed by atoms with Crippen molar-refractivity contribution in [3.05, 3.63) is 40.2 Å². The van der Waals surface area contributed by atoms with E-state index in [4.69, 9.17) is 18.2 Å². The van der Waals surface area contributed by atoms with E-state index in [0.717, 1.165) is 5.56 Å². The molecule has 3 nitrogen and oxygen atoms in total. The number of halogens is 1. The summed E-state index contributed by atoms with van der Waals surface area (Å²) in [6.45, 7) is 8.24. The predicted octanol–water partition coefficient (Wildman–Crippen LogP) is 2.51. The molecule has 4 heteroatoms. The van der Waals surface area contributed by atoms with Crippen LogP contribution in [0.5, 0.6) is 0 Å². The van der Waals surface area contributed by atoms with Crippen LogP contribution in [-0.4, -0.2) is 12.5 Å². The van der Waals surface area contributed by atoms with Crippen molar-refractivity contribution >= 4 is 23.2 Å². The first-order chi connectivity index (χ1) is 6.63. The molecule has 0 aliphatic carbocycles. The number of carbonyl (C=O) groups is 1. The van der Waals surface area contributed by atoms with E-state index in [1.54, 1.807) is 12.1 Å². The van der Waals surface area contributed by atoms with Gasteiger partial charge in [-0.3, -0.25) is 4.79 Å². The molecule has 0 aliphatic rings. The second-order valence-corrected chi connectivity index (χ2v) is 3.26. The largest absolute Gasteiger partial charge is 0.319 e. The molecule has 0 radical (unpaired) electrons. The molecule has 72 valence electrons. The number of carbonyl (C=O) groups excluding carboxylic acids is 1. The zero-order valence-electron chi connectivity index (χ0n) is 7.67. The van der Waals surface area contributed by atoms with Crippen molar-refractivity contribution < 1.29 is 4.79 Å². The van der Waals surface area contributed by atoms with E-state index in [9.17, 15) is 4.79 Å². The van der Waals surface area contributed by atoms with Crippen LogP contribution in [0.1, 0.15) is 5.56 Å². The van der Waals surface area contributed by atoms with E-state index in [1.807, 2.05) is 13.0 Å². The first-order valence-corrected chi connectivity index (χ1v) is 4.40. The fourth-order valence-electron chi connectivity index (χ4n) is 0.990. The molecule has 0 unspecified atom stereocenters. The summed E-state index contributed by atoms with van der Waals surface area (Å²) in [6.07, 6.45) is 0. The highest BCUT2D eigenvalue weighted by Crippen LogP contribution is 2.19. The molecule has 0 saturated heterocycles. The Kier molecular flexibility index (Phi) is 3.49. The van der Waals surface area contributed by atoms with Crippen molar-refractivity contribution in [1.82, 2.24) is 0 Å². The zero-order valence-corrected chi connectivity index (χ0v) is 8.43. The number of hydrogen-bond acceptors (Lipinski definition) is 1. The Morgan fingerprint density at radius 2 is 2.36 bits per heavy atom. The summed E-state index contributed by atoms with van der Waals surface area (Å²) >= 11 is 5.77. The van der Waals surface area contributed by atoms with Gasteiger partial charge in [-0.1, -0.05) is 17.7 Å². The number of hydrogen-bond donors (Lipinski definition) is 1. The van der Waals surface area contributed by atoms with Gasteiger partial charge in [-0.25, -0.2) is 6.57 Å². The van der Waals surface area contributed by atoms with E-state index < -0.39 is 0 Å². The minimum absolute atomic E-state index is 0.161. The van der Waals surface area contributed by atoms with Crippen molar-refractivity contribution in [3.63, 3.8) is 0 Å². The van der Waals surface area contributed by atoms with Gasteiger partial charge in [0, 0.05) is 10.7 Å². The minimum Gasteiger partial charge on any atom is -0.319 e. The molecule has 1 aromatic carbocycles. The zero-order chi connectivity index (χ0) is 10.6. The molecule has 14 heavy (non-hydrogen) atoms. The Morgan fingerprint density at radius 3 is 3.00 bits per heavy atom. The maximum atomic E-state index is 11.1. The number of anilines is 1. The van der Waals surface area contributed by atoms with Crippen LogP contribution >= 0.6 is 11.6 Å². The molecule has 1 N–H and O–H groups in total. The summed E-state index contributed by atoms with van der Waals surface area (Å²) in [4.78, 5) is 14.1. The lowest BCUT2D eigenvalue weighted by Gasteiger charge is -2.05. The smallest absolute Gasteiger partial charge is 0.304 e. The molecule has 0 saturated carbocycles. The number of nitrogens with one attached hydrogen (secondary N) is 1. The molecule has 0 atom stereocenters. The Labute approximate surface area is 87.5 Å². The Hall–Kier alpha value is -1.53. The average molecular weight is 209 g/mol. The van der Waals surface area contributed by atoms with Crippen LogP contribution in [0.15, 0.2) is 18.2 Å². The first-order valence-electron chi connectivity index (χ1n) is 4.02. The van der Waals surface area contributed by atoms with E-state index in [1.165, 1.54) is 0 Å². The van der Waals surface area contributed by atoms with Gasteiger partial charge >= 0.3 is 5.91 Å². The van der Waals surface area contributed by atoms with Gasteiger partial charge in [0.1, 0.15) is 0 Å². The maximum absolute atomic E-state index is 11.1. The van der Waals surface area contributed by atoms with Gasteiger partial charge in [0.15, 0.2) is 0 Å². The van der Waals surface area contributed by atoms with Gasteiger partial charge in [-0.05, 0) is 24.6 Å². The van der Waals surface area contributed by atoms with Crippen molar-refractivity contribution in [1.29, 1.82) is 0 Å². The molecule has 1 rings (SSSR count). The predicted molar refractivity (Wildman–Crippen MR) is 56.3 cm³/mol. The highest BCUT2D eigenvalue weighted by Gasteiger charge is 2.06. The summed E-state index contributed by atoms with van der Waals surface area (Å²) in [5.41, 5.74) is 1.58. The van der Waals surface area contributed by atoms with Crippen LogP contribution in [0.2, 0.25) is 5.02 Å². The number of rotatable bonds is 2. The van der Waals surface area contributed by atoms with Crippen LogP contribution in [0, 0.1) is 13.5 Å². The average Bonchev–Trinajstić information content (AvgIpc) is 2.12. The summed E-state index contributed by atoms with van der Waals surface area (Å²) in [7, 11) is 0. The highest BCUT2D eigenvalue weighted by atomic mass is 35.5. The van der Waals surface area contributed by atoms with Gasteiger partial charge < -0.3 is 10.2 Å². The molecular formula is C10H9ClN2O. The maximum Gasteiger partial charge on any atom is 0.304 e. The van der Waals surface area contributed by atoms with Crippen molar-refractivity contribution in [2.75, 3.05) is 11.9 Å². The third kappa shape index (κ3) is 2.75. The molecule has 0 spiro atoms. The molecule has 0 heterocycles. The lowest BCUT2D eigenvalue weighted by atomic mass is 10.2. The fraction of sp³-hybridized carbons (Fsp3) is 0.200. The van der Waals surface area contributed by atoms with E-state index in [-0.39, 0.29) is 12.5 Å². The summed E-state index contributed by atoms with van der Waals surface area (Å²) in [5, 5.41) is 3.18. The van der Waals surface area contributed by atoms with Crippen molar-refractivity contribution in [2.24, 2.45) is 0 Å². The number of benzene rings is 1. The van der Waals surface area contributed by atoms with Crippen LogP contribution in [0.4, 0.5) is 5.69 Å². The van der Waals surface area contributed by atoms with Crippen LogP contribution in [-0.2, 0) is 4.79 Å². The first kappa shape index (κ1) is 10.6. The van der Waals surface area contributed by atoms with Gasteiger partial charge in [0.2, 0.25) is 0 Å². The summed E-state index contributed by atoms with van der Waals surface area (Å²) in [6, 6.07) is 5.23. The third-order valence-electron chi connectivity index (χ3n) is 1.70. The molecule has 0 aromatic heterocycles. The minimum atomic E-state index is -0.314. The summed E-state index contributed by atoms with van der Waals surface area (Å²) < 4.78 is 0. The lowest BCUT2D eigenvalue weighted by Crippen LogP contribution is -2.14. The van der Waals surface area contributed by atoms with E-state index in [0.29, 0.717) is 10.7 Å². The Bertz CT molecular complexity index is 396. The summed E-state index contributed by atoms with van der Waals surface area (Å²) in [5.74, 6) is -0.314. The molecule has 0 fully saturated rings. The lowest BCUT2D eigenvalue weighted by molar-refractivity contribution is -0.114. The molecule has 1 amide bonds. The molecule has 0 aliphatic heterocycles. The number of aryl methyl sites for hydroxylation is 1. The standard InChI is InChI=1S/C10H9ClN2O/c1-7-3-4-8(11)5-9(7)13-10(14)6-12-2/h3-5H,6H2,1H3,(H,13,14). The van der Waals surface area contributed by atoms with Crippen molar-refractivity contribution in [2.45, 2.75) is 6.92 Å². The highest BCUT2D eigenvalue weighted by molar-refractivity contribution is 6.31. The van der Waals surface area contributed by atoms with Gasteiger partial charge in [0.05, 0.1) is 0 Å². The quantitative estimate of drug-likeness (QED) is 0.745. The topological polar surface area (TPSA) is 33.5 Å².